The molecule has 112 valence electrons. The molecule has 0 spiro atoms. The SMILES string of the molecule is CC(C)(C)NS(=O)(=O)Cc1ccc(CNC2CC2)cc1. The van der Waals surface area contributed by atoms with Gasteiger partial charge in [-0.2, -0.15) is 0 Å². The second kappa shape index (κ2) is 5.84. The van der Waals surface area contributed by atoms with E-state index in [2.05, 4.69) is 10.0 Å². The third-order valence-corrected chi connectivity index (χ3v) is 4.65. The van der Waals surface area contributed by atoms with Crippen molar-refractivity contribution in [3.63, 3.8) is 0 Å². The maximum absolute atomic E-state index is 12.0. The van der Waals surface area contributed by atoms with Crippen molar-refractivity contribution in [2.24, 2.45) is 0 Å². The van der Waals surface area contributed by atoms with E-state index in [1.807, 2.05) is 45.0 Å². The van der Waals surface area contributed by atoms with Crippen LogP contribution in [0, 0.1) is 0 Å². The Labute approximate surface area is 122 Å². The molecule has 0 amide bonds. The van der Waals surface area contributed by atoms with E-state index in [-0.39, 0.29) is 5.75 Å². The fraction of sp³-hybridized carbons (Fsp3) is 0.600. The van der Waals surface area contributed by atoms with Crippen molar-refractivity contribution in [1.29, 1.82) is 0 Å². The average Bonchev–Trinajstić information content (AvgIpc) is 3.08. The fourth-order valence-corrected chi connectivity index (χ4v) is 3.66. The van der Waals surface area contributed by atoms with Crippen molar-refractivity contribution >= 4 is 10.0 Å². The molecule has 4 nitrogen and oxygen atoms in total. The molecular formula is C15H24N2O2S. The zero-order valence-electron chi connectivity index (χ0n) is 12.4. The monoisotopic (exact) mass is 296 g/mol. The standard InChI is InChI=1S/C15H24N2O2S/c1-15(2,3)17-20(18,19)11-13-6-4-12(5-7-13)10-16-14-8-9-14/h4-7,14,16-17H,8-11H2,1-3H3. The highest BCUT2D eigenvalue weighted by atomic mass is 32.2. The first-order valence-corrected chi connectivity index (χ1v) is 8.72. The van der Waals surface area contributed by atoms with Gasteiger partial charge in [-0.05, 0) is 44.7 Å². The van der Waals surface area contributed by atoms with E-state index < -0.39 is 15.6 Å². The van der Waals surface area contributed by atoms with E-state index in [0.717, 1.165) is 12.1 Å². The van der Waals surface area contributed by atoms with Crippen LogP contribution < -0.4 is 10.0 Å². The third-order valence-electron chi connectivity index (χ3n) is 3.01. The summed E-state index contributed by atoms with van der Waals surface area (Å²) in [5.41, 5.74) is 1.58. The Kier molecular flexibility index (Phi) is 4.52. The second-order valence-electron chi connectivity index (χ2n) is 6.58. The first-order valence-electron chi connectivity index (χ1n) is 7.06. The molecule has 2 N–H and O–H groups in total. The Bertz CT molecular complexity index is 540. The van der Waals surface area contributed by atoms with Crippen LogP contribution in [0.3, 0.4) is 0 Å². The lowest BCUT2D eigenvalue weighted by atomic mass is 10.1. The molecule has 1 aliphatic carbocycles. The molecule has 0 heterocycles. The number of hydrogen-bond acceptors (Lipinski definition) is 3. The van der Waals surface area contributed by atoms with Crippen LogP contribution in [0.2, 0.25) is 0 Å². The van der Waals surface area contributed by atoms with Crippen LogP contribution in [0.5, 0.6) is 0 Å². The lowest BCUT2D eigenvalue weighted by molar-refractivity contribution is 0.491. The van der Waals surface area contributed by atoms with Crippen LogP contribution in [0.25, 0.3) is 0 Å². The fourth-order valence-electron chi connectivity index (χ4n) is 2.02. The van der Waals surface area contributed by atoms with Crippen LogP contribution in [0.15, 0.2) is 24.3 Å². The van der Waals surface area contributed by atoms with Crippen LogP contribution >= 0.6 is 0 Å². The number of benzene rings is 1. The van der Waals surface area contributed by atoms with E-state index >= 15 is 0 Å². The highest BCUT2D eigenvalue weighted by molar-refractivity contribution is 7.88. The molecule has 1 saturated carbocycles. The lowest BCUT2D eigenvalue weighted by Gasteiger charge is -2.20. The predicted molar refractivity (Wildman–Crippen MR) is 81.8 cm³/mol. The molecule has 0 saturated heterocycles. The molecule has 1 fully saturated rings. The van der Waals surface area contributed by atoms with Crippen LogP contribution in [-0.4, -0.2) is 20.0 Å². The minimum atomic E-state index is -3.29. The minimum absolute atomic E-state index is 0.0284. The Balaban J connectivity index is 1.92. The van der Waals surface area contributed by atoms with Crippen molar-refractivity contribution in [1.82, 2.24) is 10.0 Å². The van der Waals surface area contributed by atoms with E-state index in [1.54, 1.807) is 0 Å². The molecule has 1 aromatic rings. The maximum atomic E-state index is 12.0. The molecule has 0 aliphatic heterocycles. The van der Waals surface area contributed by atoms with Crippen LogP contribution in [0.4, 0.5) is 0 Å². The molecule has 0 aromatic heterocycles. The Hall–Kier alpha value is -0.910. The molecule has 1 aromatic carbocycles. The zero-order chi connectivity index (χ0) is 14.8. The van der Waals surface area contributed by atoms with Gasteiger partial charge in [0, 0.05) is 18.1 Å². The van der Waals surface area contributed by atoms with Crippen molar-refractivity contribution in [2.75, 3.05) is 0 Å². The summed E-state index contributed by atoms with van der Waals surface area (Å²) in [5, 5.41) is 3.44. The van der Waals surface area contributed by atoms with Crippen molar-refractivity contribution in [3.05, 3.63) is 35.4 Å². The summed E-state index contributed by atoms with van der Waals surface area (Å²) in [5.74, 6) is 0.0284. The van der Waals surface area contributed by atoms with Gasteiger partial charge in [-0.1, -0.05) is 24.3 Å². The lowest BCUT2D eigenvalue weighted by Crippen LogP contribution is -2.41. The van der Waals surface area contributed by atoms with Gasteiger partial charge in [0.1, 0.15) is 0 Å². The van der Waals surface area contributed by atoms with Crippen molar-refractivity contribution in [3.8, 4) is 0 Å². The van der Waals surface area contributed by atoms with Gasteiger partial charge in [-0.3, -0.25) is 0 Å². The molecule has 0 radical (unpaired) electrons. The number of sulfonamides is 1. The average molecular weight is 296 g/mol. The van der Waals surface area contributed by atoms with Crippen molar-refractivity contribution in [2.45, 2.75) is 57.5 Å². The molecule has 2 rings (SSSR count). The summed E-state index contributed by atoms with van der Waals surface area (Å²) in [6, 6.07) is 8.47. The predicted octanol–water partition coefficient (Wildman–Crippen LogP) is 2.16. The van der Waals surface area contributed by atoms with E-state index in [0.29, 0.717) is 6.04 Å². The quantitative estimate of drug-likeness (QED) is 0.846. The van der Waals surface area contributed by atoms with Crippen molar-refractivity contribution < 1.29 is 8.42 Å². The highest BCUT2D eigenvalue weighted by Gasteiger charge is 2.21. The maximum Gasteiger partial charge on any atom is 0.216 e. The summed E-state index contributed by atoms with van der Waals surface area (Å²) in [6.45, 7) is 6.39. The second-order valence-corrected chi connectivity index (χ2v) is 8.31. The van der Waals surface area contributed by atoms with E-state index in [4.69, 9.17) is 0 Å². The largest absolute Gasteiger partial charge is 0.310 e. The van der Waals surface area contributed by atoms with Crippen LogP contribution in [-0.2, 0) is 22.3 Å². The van der Waals surface area contributed by atoms with Gasteiger partial charge in [-0.25, -0.2) is 13.1 Å². The summed E-state index contributed by atoms with van der Waals surface area (Å²) >= 11 is 0. The van der Waals surface area contributed by atoms with E-state index in [1.165, 1.54) is 18.4 Å². The van der Waals surface area contributed by atoms with Gasteiger partial charge in [0.25, 0.3) is 0 Å². The minimum Gasteiger partial charge on any atom is -0.310 e. The summed E-state index contributed by atoms with van der Waals surface area (Å²) in [4.78, 5) is 0. The van der Waals surface area contributed by atoms with E-state index in [9.17, 15) is 8.42 Å². The summed E-state index contributed by atoms with van der Waals surface area (Å²) < 4.78 is 26.7. The third kappa shape index (κ3) is 5.61. The number of nitrogens with one attached hydrogen (secondary N) is 2. The normalized spacial score (nSPS) is 16.4. The van der Waals surface area contributed by atoms with Gasteiger partial charge in [0.05, 0.1) is 5.75 Å². The molecule has 5 heteroatoms. The Morgan fingerprint density at radius 3 is 2.15 bits per heavy atom. The van der Waals surface area contributed by atoms with Gasteiger partial charge < -0.3 is 5.32 Å². The zero-order valence-corrected chi connectivity index (χ0v) is 13.3. The van der Waals surface area contributed by atoms with Gasteiger partial charge >= 0.3 is 0 Å². The molecule has 0 unspecified atom stereocenters. The molecular weight excluding hydrogens is 272 g/mol. The molecule has 1 aliphatic rings. The van der Waals surface area contributed by atoms with Gasteiger partial charge in [0.2, 0.25) is 10.0 Å². The highest BCUT2D eigenvalue weighted by Crippen LogP contribution is 2.19. The summed E-state index contributed by atoms with van der Waals surface area (Å²) in [6.07, 6.45) is 2.55. The molecule has 0 bridgehead atoms. The number of rotatable bonds is 6. The Morgan fingerprint density at radius 1 is 1.10 bits per heavy atom. The summed E-state index contributed by atoms with van der Waals surface area (Å²) in [7, 11) is -3.29. The van der Waals surface area contributed by atoms with Gasteiger partial charge in [0.15, 0.2) is 0 Å². The number of hydrogen-bond donors (Lipinski definition) is 2. The van der Waals surface area contributed by atoms with Gasteiger partial charge in [-0.15, -0.1) is 0 Å². The topological polar surface area (TPSA) is 58.2 Å². The smallest absolute Gasteiger partial charge is 0.216 e. The Morgan fingerprint density at radius 2 is 1.65 bits per heavy atom. The first-order chi connectivity index (χ1) is 9.23. The van der Waals surface area contributed by atoms with Crippen LogP contribution in [0.1, 0.15) is 44.7 Å². The molecule has 20 heavy (non-hydrogen) atoms. The molecule has 0 atom stereocenters. The first kappa shape index (κ1) is 15.5.